The Kier molecular flexibility index (Phi) is 9.49. The van der Waals surface area contributed by atoms with E-state index in [1.807, 2.05) is 0 Å². The molecule has 0 spiro atoms. The lowest BCUT2D eigenvalue weighted by Crippen LogP contribution is -2.50. The molecule has 0 aliphatic rings. The zero-order valence-electron chi connectivity index (χ0n) is 22.7. The van der Waals surface area contributed by atoms with Crippen LogP contribution in [0.5, 0.6) is 0 Å². The van der Waals surface area contributed by atoms with Crippen LogP contribution in [0.25, 0.3) is 0 Å². The van der Waals surface area contributed by atoms with E-state index in [9.17, 15) is 45.1 Å². The van der Waals surface area contributed by atoms with Gasteiger partial charge in [-0.2, -0.15) is 26.3 Å². The molecule has 3 rings (SSSR count). The lowest BCUT2D eigenvalue weighted by Gasteiger charge is -2.31. The van der Waals surface area contributed by atoms with Crippen molar-refractivity contribution >= 4 is 23.3 Å². The van der Waals surface area contributed by atoms with Crippen LogP contribution in [0, 0.1) is 13.8 Å². The molecule has 0 bridgehead atoms. The van der Waals surface area contributed by atoms with Gasteiger partial charge in [0.2, 0.25) is 0 Å². The van der Waals surface area contributed by atoms with Crippen LogP contribution in [0.4, 0.5) is 36.4 Å². The van der Waals surface area contributed by atoms with Crippen LogP contribution < -0.4 is 4.90 Å². The number of hydrogen-bond donors (Lipinski definition) is 0. The maximum absolute atomic E-state index is 14.6. The first-order valence-corrected chi connectivity index (χ1v) is 12.5. The molecule has 0 radical (unpaired) electrons. The van der Waals surface area contributed by atoms with Gasteiger partial charge in [-0.1, -0.05) is 42.5 Å². The molecule has 0 aromatic heterocycles. The highest BCUT2D eigenvalue weighted by molar-refractivity contribution is 6.07. The summed E-state index contributed by atoms with van der Waals surface area (Å²) in [5.74, 6) is -1.60. The average Bonchev–Trinajstić information content (AvgIpc) is 2.93. The summed E-state index contributed by atoms with van der Waals surface area (Å²) in [6.45, 7) is 2.30. The second-order valence-electron chi connectivity index (χ2n) is 9.54. The standard InChI is InChI=1S/C30H26F7NO4/c1-18-14-22(28(31,29(32,33)34)30(35,36)37)15-19(2)24(18)17-25(39)21-10-7-11-23(16-21)38(13-12-26(40)42-3)27(41)20-8-5-4-6-9-20/h4-11,14-16H,12-13,17H2,1-3H3. The molecule has 0 saturated heterocycles. The van der Waals surface area contributed by atoms with Crippen LogP contribution in [0.15, 0.2) is 66.7 Å². The van der Waals surface area contributed by atoms with Crippen LogP contribution in [0.3, 0.4) is 0 Å². The number of halogens is 7. The summed E-state index contributed by atoms with van der Waals surface area (Å²) in [5.41, 5.74) is -6.70. The maximum Gasteiger partial charge on any atom is 0.435 e. The van der Waals surface area contributed by atoms with Gasteiger partial charge in [-0.15, -0.1) is 0 Å². The van der Waals surface area contributed by atoms with Gasteiger partial charge in [0, 0.05) is 35.3 Å². The number of hydrogen-bond acceptors (Lipinski definition) is 4. The molecular weight excluding hydrogens is 571 g/mol. The zero-order chi connectivity index (χ0) is 31.5. The summed E-state index contributed by atoms with van der Waals surface area (Å²) in [6.07, 6.45) is -13.1. The van der Waals surface area contributed by atoms with Crippen molar-refractivity contribution in [3.8, 4) is 0 Å². The molecule has 0 aliphatic carbocycles. The number of methoxy groups -OCH3 is 1. The predicted molar refractivity (Wildman–Crippen MR) is 140 cm³/mol. The molecule has 0 saturated carbocycles. The minimum atomic E-state index is -6.27. The smallest absolute Gasteiger partial charge is 0.435 e. The van der Waals surface area contributed by atoms with Crippen LogP contribution in [-0.4, -0.2) is 43.7 Å². The Balaban J connectivity index is 1.95. The number of ketones is 1. The van der Waals surface area contributed by atoms with E-state index in [0.29, 0.717) is 17.7 Å². The highest BCUT2D eigenvalue weighted by atomic mass is 19.4. The second-order valence-corrected chi connectivity index (χ2v) is 9.54. The van der Waals surface area contributed by atoms with Crippen molar-refractivity contribution in [2.24, 2.45) is 0 Å². The van der Waals surface area contributed by atoms with Crippen molar-refractivity contribution in [1.29, 1.82) is 0 Å². The minimum Gasteiger partial charge on any atom is -0.469 e. The summed E-state index contributed by atoms with van der Waals surface area (Å²) in [5, 5.41) is 0. The molecule has 3 aromatic rings. The summed E-state index contributed by atoms with van der Waals surface area (Å²) in [6, 6.07) is 14.9. The van der Waals surface area contributed by atoms with E-state index in [1.54, 1.807) is 30.3 Å². The number of carbonyl (C=O) groups is 3. The van der Waals surface area contributed by atoms with Gasteiger partial charge in [0.15, 0.2) is 5.78 Å². The Labute approximate surface area is 236 Å². The first-order chi connectivity index (χ1) is 19.5. The fourth-order valence-electron chi connectivity index (χ4n) is 4.46. The fraction of sp³-hybridized carbons (Fsp3) is 0.300. The Bertz CT molecular complexity index is 1430. The van der Waals surface area contributed by atoms with Gasteiger partial charge in [-0.3, -0.25) is 14.4 Å². The van der Waals surface area contributed by atoms with Crippen molar-refractivity contribution in [3.63, 3.8) is 0 Å². The van der Waals surface area contributed by atoms with Gasteiger partial charge in [-0.25, -0.2) is 4.39 Å². The molecule has 3 aromatic carbocycles. The summed E-state index contributed by atoms with van der Waals surface area (Å²) < 4.78 is 98.9. The van der Waals surface area contributed by atoms with E-state index in [4.69, 9.17) is 0 Å². The fourth-order valence-corrected chi connectivity index (χ4v) is 4.46. The topological polar surface area (TPSA) is 63.7 Å². The monoisotopic (exact) mass is 597 g/mol. The number of aryl methyl sites for hydroxylation is 2. The van der Waals surface area contributed by atoms with Gasteiger partial charge in [0.05, 0.1) is 13.5 Å². The number of amides is 1. The first-order valence-electron chi connectivity index (χ1n) is 12.5. The number of ether oxygens (including phenoxy) is 1. The highest BCUT2D eigenvalue weighted by Gasteiger charge is 2.73. The molecule has 0 heterocycles. The summed E-state index contributed by atoms with van der Waals surface area (Å²) >= 11 is 0. The number of Topliss-reactive ketones (excluding diaryl/α,β-unsaturated/α-hetero) is 1. The normalized spacial score (nSPS) is 12.1. The van der Waals surface area contributed by atoms with Crippen LogP contribution in [0.1, 0.15) is 49.4 Å². The highest BCUT2D eigenvalue weighted by Crippen LogP contribution is 2.53. The molecule has 42 heavy (non-hydrogen) atoms. The lowest BCUT2D eigenvalue weighted by molar-refractivity contribution is -0.348. The van der Waals surface area contributed by atoms with E-state index in [2.05, 4.69) is 4.74 Å². The SMILES string of the molecule is COC(=O)CCN(C(=O)c1ccccc1)c1cccc(C(=O)Cc2c(C)cc(C(F)(C(F)(F)F)C(F)(F)F)cc2C)c1. The molecule has 0 unspecified atom stereocenters. The number of alkyl halides is 7. The van der Waals surface area contributed by atoms with Gasteiger partial charge < -0.3 is 9.64 Å². The van der Waals surface area contributed by atoms with Crippen LogP contribution in [-0.2, 0) is 21.6 Å². The van der Waals surface area contributed by atoms with Crippen LogP contribution in [0.2, 0.25) is 0 Å². The number of benzene rings is 3. The number of nitrogens with zero attached hydrogens (tertiary/aromatic N) is 1. The van der Waals surface area contributed by atoms with E-state index in [0.717, 1.165) is 0 Å². The van der Waals surface area contributed by atoms with E-state index < -0.39 is 47.7 Å². The third-order valence-corrected chi connectivity index (χ3v) is 6.73. The largest absolute Gasteiger partial charge is 0.469 e. The third kappa shape index (κ3) is 6.63. The van der Waals surface area contributed by atoms with Gasteiger partial charge in [0.1, 0.15) is 0 Å². The molecular formula is C30H26F7NO4. The summed E-state index contributed by atoms with van der Waals surface area (Å²) in [7, 11) is 1.20. The lowest BCUT2D eigenvalue weighted by atomic mass is 9.87. The molecule has 5 nitrogen and oxygen atoms in total. The number of carbonyl (C=O) groups excluding carboxylic acids is 3. The maximum atomic E-state index is 14.6. The second kappa shape index (κ2) is 12.3. The molecule has 12 heteroatoms. The van der Waals surface area contributed by atoms with E-state index >= 15 is 0 Å². The molecule has 0 aliphatic heterocycles. The van der Waals surface area contributed by atoms with Crippen molar-refractivity contribution in [2.75, 3.05) is 18.6 Å². The third-order valence-electron chi connectivity index (χ3n) is 6.73. The zero-order valence-corrected chi connectivity index (χ0v) is 22.7. The Morgan fingerprint density at radius 3 is 1.83 bits per heavy atom. The molecule has 0 atom stereocenters. The van der Waals surface area contributed by atoms with Gasteiger partial charge in [0.25, 0.3) is 5.91 Å². The van der Waals surface area contributed by atoms with E-state index in [-0.39, 0.29) is 40.9 Å². The molecule has 1 amide bonds. The van der Waals surface area contributed by atoms with E-state index in [1.165, 1.54) is 50.1 Å². The average molecular weight is 598 g/mol. The van der Waals surface area contributed by atoms with Crippen LogP contribution >= 0.6 is 0 Å². The Morgan fingerprint density at radius 1 is 0.762 bits per heavy atom. The first kappa shape index (κ1) is 32.3. The predicted octanol–water partition coefficient (Wildman–Crippen LogP) is 7.23. The number of rotatable bonds is 9. The minimum absolute atomic E-state index is 0.0822. The van der Waals surface area contributed by atoms with Crippen molar-refractivity contribution < 1.29 is 49.9 Å². The summed E-state index contributed by atoms with van der Waals surface area (Å²) in [4.78, 5) is 39.6. The number of esters is 1. The Hall–Kier alpha value is -4.22. The Morgan fingerprint density at radius 2 is 1.31 bits per heavy atom. The molecule has 0 N–H and O–H groups in total. The van der Waals surface area contributed by atoms with Crippen molar-refractivity contribution in [2.45, 2.75) is 44.7 Å². The molecule has 0 fully saturated rings. The number of anilines is 1. The van der Waals surface area contributed by atoms with Gasteiger partial charge in [-0.05, 0) is 54.8 Å². The quantitative estimate of drug-likeness (QED) is 0.148. The van der Waals surface area contributed by atoms with Gasteiger partial charge >= 0.3 is 24.0 Å². The molecule has 224 valence electrons. The van der Waals surface area contributed by atoms with Crippen molar-refractivity contribution in [1.82, 2.24) is 0 Å². The van der Waals surface area contributed by atoms with Crippen molar-refractivity contribution in [3.05, 3.63) is 100 Å².